The highest BCUT2D eigenvalue weighted by Crippen LogP contribution is 2.37. The fourth-order valence-corrected chi connectivity index (χ4v) is 4.54. The molecule has 0 N–H and O–H groups in total. The zero-order valence-electron chi connectivity index (χ0n) is 19.0. The fraction of sp³-hybridized carbons (Fsp3) is 0.292. The predicted octanol–water partition coefficient (Wildman–Crippen LogP) is 4.03. The number of alkyl halides is 3. The minimum absolute atomic E-state index is 0.0135. The summed E-state index contributed by atoms with van der Waals surface area (Å²) in [4.78, 5) is 32.7. The lowest BCUT2D eigenvalue weighted by molar-refractivity contribution is -0.179. The summed E-state index contributed by atoms with van der Waals surface area (Å²) in [5.74, 6) is -2.49. The van der Waals surface area contributed by atoms with E-state index in [0.29, 0.717) is 0 Å². The minimum Gasteiger partial charge on any atom is -0.357 e. The smallest absolute Gasteiger partial charge is 0.357 e. The normalized spacial score (nSPS) is 14.3. The molecule has 37 heavy (non-hydrogen) atoms. The number of pyridine rings is 1. The SMILES string of the molecule is N#CCn1c(N2CCC(C(F)(F)F)CC2)c(-c2ccc(F)c(C#N)c2)c(=O)n(-c2cncc(Cl)c2)c1=O. The van der Waals surface area contributed by atoms with E-state index in [-0.39, 0.29) is 59.1 Å². The van der Waals surface area contributed by atoms with Crippen molar-refractivity contribution in [2.24, 2.45) is 5.92 Å². The van der Waals surface area contributed by atoms with Gasteiger partial charge in [-0.05, 0) is 36.6 Å². The number of piperidine rings is 1. The van der Waals surface area contributed by atoms with Crippen molar-refractivity contribution in [2.75, 3.05) is 18.0 Å². The molecule has 13 heteroatoms. The molecule has 1 aliphatic heterocycles. The molecular weight excluding hydrogens is 516 g/mol. The number of anilines is 1. The Morgan fingerprint density at radius 2 is 1.81 bits per heavy atom. The van der Waals surface area contributed by atoms with E-state index in [9.17, 15) is 37.7 Å². The second kappa shape index (κ2) is 10.1. The molecule has 0 aliphatic carbocycles. The van der Waals surface area contributed by atoms with Crippen LogP contribution in [-0.2, 0) is 6.54 Å². The zero-order chi connectivity index (χ0) is 26.9. The Morgan fingerprint density at radius 1 is 1.11 bits per heavy atom. The van der Waals surface area contributed by atoms with Crippen molar-refractivity contribution in [1.82, 2.24) is 14.1 Å². The first-order chi connectivity index (χ1) is 17.6. The molecule has 1 saturated heterocycles. The summed E-state index contributed by atoms with van der Waals surface area (Å²) in [7, 11) is 0. The van der Waals surface area contributed by atoms with Crippen LogP contribution < -0.4 is 16.1 Å². The van der Waals surface area contributed by atoms with Gasteiger partial charge in [0.1, 0.15) is 24.2 Å². The first-order valence-electron chi connectivity index (χ1n) is 11.0. The number of halogens is 5. The van der Waals surface area contributed by atoms with Crippen LogP contribution >= 0.6 is 11.6 Å². The van der Waals surface area contributed by atoms with Gasteiger partial charge in [-0.25, -0.2) is 13.8 Å². The molecule has 0 bridgehead atoms. The lowest BCUT2D eigenvalue weighted by Gasteiger charge is -2.36. The van der Waals surface area contributed by atoms with Crippen LogP contribution in [0.3, 0.4) is 0 Å². The maximum atomic E-state index is 14.1. The average Bonchev–Trinajstić information content (AvgIpc) is 2.86. The Kier molecular flexibility index (Phi) is 7.05. The zero-order valence-corrected chi connectivity index (χ0v) is 19.7. The summed E-state index contributed by atoms with van der Waals surface area (Å²) in [5, 5.41) is 18.9. The minimum atomic E-state index is -4.40. The molecular formula is C24H17ClF4N6O2. The summed E-state index contributed by atoms with van der Waals surface area (Å²) >= 11 is 6.00. The molecule has 1 aliphatic rings. The monoisotopic (exact) mass is 532 g/mol. The quantitative estimate of drug-likeness (QED) is 0.470. The Balaban J connectivity index is 2.04. The first-order valence-corrected chi connectivity index (χ1v) is 11.3. The second-order valence-corrected chi connectivity index (χ2v) is 8.77. The molecule has 190 valence electrons. The molecule has 3 aromatic rings. The second-order valence-electron chi connectivity index (χ2n) is 8.34. The molecule has 3 heterocycles. The van der Waals surface area contributed by atoms with E-state index in [1.165, 1.54) is 29.4 Å². The van der Waals surface area contributed by atoms with Gasteiger partial charge >= 0.3 is 11.9 Å². The number of hydrogen-bond donors (Lipinski definition) is 0. The number of rotatable bonds is 4. The van der Waals surface area contributed by atoms with Gasteiger partial charge in [0, 0.05) is 19.3 Å². The average molecular weight is 533 g/mol. The van der Waals surface area contributed by atoms with Gasteiger partial charge in [0.05, 0.1) is 40.0 Å². The van der Waals surface area contributed by atoms with Crippen LogP contribution in [0.5, 0.6) is 0 Å². The van der Waals surface area contributed by atoms with E-state index in [1.807, 2.05) is 6.07 Å². The van der Waals surface area contributed by atoms with Crippen molar-refractivity contribution in [1.29, 1.82) is 10.5 Å². The van der Waals surface area contributed by atoms with Crippen molar-refractivity contribution < 1.29 is 17.6 Å². The van der Waals surface area contributed by atoms with E-state index in [2.05, 4.69) is 4.98 Å². The highest BCUT2D eigenvalue weighted by Gasteiger charge is 2.42. The number of nitriles is 2. The van der Waals surface area contributed by atoms with Crippen molar-refractivity contribution in [3.05, 3.63) is 73.9 Å². The van der Waals surface area contributed by atoms with E-state index in [0.717, 1.165) is 21.3 Å². The summed E-state index contributed by atoms with van der Waals surface area (Å²) in [6, 6.07) is 8.13. The number of benzene rings is 1. The van der Waals surface area contributed by atoms with Gasteiger partial charge in [-0.1, -0.05) is 17.7 Å². The summed E-state index contributed by atoms with van der Waals surface area (Å²) in [6.07, 6.45) is -2.50. The Hall–Kier alpha value is -4.16. The Bertz CT molecular complexity index is 1560. The maximum absolute atomic E-state index is 14.1. The molecule has 0 spiro atoms. The van der Waals surface area contributed by atoms with Crippen LogP contribution in [0.1, 0.15) is 18.4 Å². The molecule has 0 radical (unpaired) electrons. The van der Waals surface area contributed by atoms with Crippen LogP contribution in [0.25, 0.3) is 16.8 Å². The number of aromatic nitrogens is 3. The molecule has 0 atom stereocenters. The van der Waals surface area contributed by atoms with E-state index in [1.54, 1.807) is 6.07 Å². The molecule has 2 aromatic heterocycles. The Morgan fingerprint density at radius 3 is 2.41 bits per heavy atom. The summed E-state index contributed by atoms with van der Waals surface area (Å²) in [5.41, 5.74) is -2.36. The van der Waals surface area contributed by atoms with E-state index < -0.39 is 35.7 Å². The predicted molar refractivity (Wildman–Crippen MR) is 126 cm³/mol. The first kappa shape index (κ1) is 25.9. The molecule has 1 fully saturated rings. The number of hydrogen-bond acceptors (Lipinski definition) is 6. The van der Waals surface area contributed by atoms with Gasteiger partial charge in [0.2, 0.25) is 0 Å². The van der Waals surface area contributed by atoms with Crippen LogP contribution in [0.4, 0.5) is 23.4 Å². The molecule has 0 unspecified atom stereocenters. The van der Waals surface area contributed by atoms with Crippen LogP contribution in [0.15, 0.2) is 46.2 Å². The van der Waals surface area contributed by atoms with Gasteiger partial charge in [0.15, 0.2) is 0 Å². The Labute approximate surface area is 212 Å². The van der Waals surface area contributed by atoms with Crippen LogP contribution in [0.2, 0.25) is 5.02 Å². The molecule has 0 amide bonds. The van der Waals surface area contributed by atoms with E-state index in [4.69, 9.17) is 11.6 Å². The topological polar surface area (TPSA) is 108 Å². The summed E-state index contributed by atoms with van der Waals surface area (Å²) in [6.45, 7) is -0.853. The third kappa shape index (κ3) is 4.93. The molecule has 0 saturated carbocycles. The standard InChI is InChI=1S/C24H17ClF4N6O2/c25-17-10-18(13-32-12-17)35-22(36)20(14-1-2-19(26)15(9-14)11-31)21(34(8-5-30)23(35)37)33-6-3-16(4-7-33)24(27,28)29/h1-2,9-10,12-13,16H,3-4,6-8H2. The third-order valence-corrected chi connectivity index (χ3v) is 6.34. The van der Waals surface area contributed by atoms with Gasteiger partial charge in [-0.2, -0.15) is 23.7 Å². The maximum Gasteiger partial charge on any atom is 0.391 e. The lowest BCUT2D eigenvalue weighted by atomic mass is 9.95. The summed E-state index contributed by atoms with van der Waals surface area (Å²) < 4.78 is 55.7. The van der Waals surface area contributed by atoms with Gasteiger partial charge < -0.3 is 4.90 Å². The molecule has 1 aromatic carbocycles. The van der Waals surface area contributed by atoms with Crippen molar-refractivity contribution in [3.8, 4) is 29.0 Å². The largest absolute Gasteiger partial charge is 0.391 e. The van der Waals surface area contributed by atoms with Crippen LogP contribution in [-0.4, -0.2) is 33.4 Å². The highest BCUT2D eigenvalue weighted by molar-refractivity contribution is 6.30. The van der Waals surface area contributed by atoms with Crippen molar-refractivity contribution in [3.63, 3.8) is 0 Å². The number of nitrogens with zero attached hydrogens (tertiary/aromatic N) is 6. The van der Waals surface area contributed by atoms with Gasteiger partial charge in [-0.15, -0.1) is 0 Å². The van der Waals surface area contributed by atoms with Gasteiger partial charge in [0.25, 0.3) is 5.56 Å². The van der Waals surface area contributed by atoms with E-state index >= 15 is 0 Å². The third-order valence-electron chi connectivity index (χ3n) is 6.13. The van der Waals surface area contributed by atoms with Crippen LogP contribution in [0, 0.1) is 34.4 Å². The molecule has 8 nitrogen and oxygen atoms in total. The van der Waals surface area contributed by atoms with Gasteiger partial charge in [-0.3, -0.25) is 14.3 Å². The van der Waals surface area contributed by atoms with Crippen molar-refractivity contribution >= 4 is 17.4 Å². The highest BCUT2D eigenvalue weighted by atomic mass is 35.5. The lowest BCUT2D eigenvalue weighted by Crippen LogP contribution is -2.46. The fourth-order valence-electron chi connectivity index (χ4n) is 4.37. The van der Waals surface area contributed by atoms with Crippen molar-refractivity contribution in [2.45, 2.75) is 25.6 Å². The molecule has 4 rings (SSSR count).